The molecule has 1 amide bonds. The first-order valence-corrected chi connectivity index (χ1v) is 4.90. The molecular weight excluding hydrogens is 278 g/mol. The number of hydrogen-bond acceptors (Lipinski definition) is 2. The highest BCUT2D eigenvalue weighted by molar-refractivity contribution is 5.95. The predicted molar refractivity (Wildman–Crippen MR) is 52.4 cm³/mol. The van der Waals surface area contributed by atoms with E-state index in [2.05, 4.69) is 4.98 Å². The van der Waals surface area contributed by atoms with Gasteiger partial charge in [0.25, 0.3) is 5.91 Å². The number of carbonyl (C=O) groups is 1. The number of amides is 1. The van der Waals surface area contributed by atoms with Crippen LogP contribution >= 0.6 is 0 Å². The Labute approximate surface area is 103 Å². The third-order valence-corrected chi connectivity index (χ3v) is 2.07. The van der Waals surface area contributed by atoms with Gasteiger partial charge in [-0.05, 0) is 19.1 Å². The maximum absolute atomic E-state index is 12.3. The second-order valence-electron chi connectivity index (χ2n) is 3.63. The molecule has 0 fully saturated rings. The lowest BCUT2D eigenvalue weighted by molar-refractivity contribution is -0.141. The standard InChI is InChI=1S/C10H8F6N2O/c1-5-6(8(19)17-4-9(11,12)13)2-3-7(18-5)10(14,15)16/h2-3H,4H2,1H3,(H,17,19). The number of nitrogens with one attached hydrogen (secondary N) is 1. The fourth-order valence-corrected chi connectivity index (χ4v) is 1.23. The van der Waals surface area contributed by atoms with Gasteiger partial charge in [0.05, 0.1) is 11.3 Å². The van der Waals surface area contributed by atoms with E-state index in [1.165, 1.54) is 0 Å². The number of rotatable bonds is 2. The molecule has 0 saturated heterocycles. The number of alkyl halides is 6. The minimum Gasteiger partial charge on any atom is -0.343 e. The summed E-state index contributed by atoms with van der Waals surface area (Å²) in [6.07, 6.45) is -9.27. The van der Waals surface area contributed by atoms with Crippen molar-refractivity contribution < 1.29 is 31.1 Å². The van der Waals surface area contributed by atoms with Crippen molar-refractivity contribution in [1.82, 2.24) is 10.3 Å². The van der Waals surface area contributed by atoms with Crippen LogP contribution in [0.15, 0.2) is 12.1 Å². The monoisotopic (exact) mass is 286 g/mol. The van der Waals surface area contributed by atoms with E-state index < -0.39 is 30.5 Å². The van der Waals surface area contributed by atoms with Crippen molar-refractivity contribution >= 4 is 5.91 Å². The molecule has 106 valence electrons. The molecule has 0 unspecified atom stereocenters. The van der Waals surface area contributed by atoms with E-state index in [0.717, 1.165) is 13.0 Å². The van der Waals surface area contributed by atoms with Gasteiger partial charge in [0.1, 0.15) is 12.2 Å². The Bertz CT molecular complexity index is 480. The molecule has 0 bridgehead atoms. The highest BCUT2D eigenvalue weighted by Gasteiger charge is 2.33. The van der Waals surface area contributed by atoms with Gasteiger partial charge < -0.3 is 5.32 Å². The summed E-state index contributed by atoms with van der Waals surface area (Å²) >= 11 is 0. The molecule has 1 N–H and O–H groups in total. The van der Waals surface area contributed by atoms with Crippen LogP contribution in [0.25, 0.3) is 0 Å². The van der Waals surface area contributed by atoms with E-state index in [-0.39, 0.29) is 11.3 Å². The maximum atomic E-state index is 12.3. The first-order valence-electron chi connectivity index (χ1n) is 4.90. The minimum atomic E-state index is -4.67. The van der Waals surface area contributed by atoms with E-state index in [4.69, 9.17) is 0 Å². The number of aryl methyl sites for hydroxylation is 1. The Balaban J connectivity index is 2.88. The van der Waals surface area contributed by atoms with Crippen molar-refractivity contribution in [3.63, 3.8) is 0 Å². The number of hydrogen-bond donors (Lipinski definition) is 1. The predicted octanol–water partition coefficient (Wildman–Crippen LogP) is 2.70. The molecule has 1 aromatic rings. The van der Waals surface area contributed by atoms with Gasteiger partial charge in [-0.25, -0.2) is 4.98 Å². The summed E-state index contributed by atoms with van der Waals surface area (Å²) in [5.74, 6) is -1.13. The zero-order valence-corrected chi connectivity index (χ0v) is 9.49. The summed E-state index contributed by atoms with van der Waals surface area (Å²) in [6.45, 7) is -0.454. The summed E-state index contributed by atoms with van der Waals surface area (Å²) in [5, 5.41) is 1.55. The molecule has 0 aliphatic heterocycles. The van der Waals surface area contributed by atoms with Gasteiger partial charge in [0.15, 0.2) is 0 Å². The van der Waals surface area contributed by atoms with Gasteiger partial charge in [-0.2, -0.15) is 26.3 Å². The molecule has 0 spiro atoms. The van der Waals surface area contributed by atoms with Crippen LogP contribution in [0.1, 0.15) is 21.7 Å². The van der Waals surface area contributed by atoms with E-state index in [1.54, 1.807) is 5.32 Å². The Kier molecular flexibility index (Phi) is 4.06. The SMILES string of the molecule is Cc1nc(C(F)(F)F)ccc1C(=O)NCC(F)(F)F. The van der Waals surface area contributed by atoms with E-state index in [1.807, 2.05) is 0 Å². The highest BCUT2D eigenvalue weighted by atomic mass is 19.4. The minimum absolute atomic E-state index is 0.297. The molecule has 0 radical (unpaired) electrons. The number of aromatic nitrogens is 1. The topological polar surface area (TPSA) is 42.0 Å². The molecular formula is C10H8F6N2O. The number of carbonyl (C=O) groups excluding carboxylic acids is 1. The molecule has 19 heavy (non-hydrogen) atoms. The van der Waals surface area contributed by atoms with Gasteiger partial charge in [-0.3, -0.25) is 4.79 Å². The fourth-order valence-electron chi connectivity index (χ4n) is 1.23. The van der Waals surface area contributed by atoms with Crippen LogP contribution in [0.2, 0.25) is 0 Å². The molecule has 0 aromatic carbocycles. The van der Waals surface area contributed by atoms with Crippen molar-refractivity contribution in [3.05, 3.63) is 29.1 Å². The summed E-state index contributed by atoms with van der Waals surface area (Å²) in [5.41, 5.74) is -1.84. The largest absolute Gasteiger partial charge is 0.433 e. The zero-order chi connectivity index (χ0) is 14.8. The third kappa shape index (κ3) is 4.42. The van der Waals surface area contributed by atoms with Crippen LogP contribution in [0.4, 0.5) is 26.3 Å². The first kappa shape index (κ1) is 15.3. The second kappa shape index (κ2) is 5.06. The average Bonchev–Trinajstić information content (AvgIpc) is 2.23. The summed E-state index contributed by atoms with van der Waals surface area (Å²) in [4.78, 5) is 14.5. The normalized spacial score (nSPS) is 12.4. The Morgan fingerprint density at radius 2 is 1.79 bits per heavy atom. The van der Waals surface area contributed by atoms with Crippen molar-refractivity contribution in [1.29, 1.82) is 0 Å². The molecule has 0 aliphatic rings. The first-order chi connectivity index (χ1) is 8.50. The molecule has 1 rings (SSSR count). The van der Waals surface area contributed by atoms with Crippen molar-refractivity contribution in [2.24, 2.45) is 0 Å². The highest BCUT2D eigenvalue weighted by Crippen LogP contribution is 2.28. The molecule has 1 aromatic heterocycles. The third-order valence-electron chi connectivity index (χ3n) is 2.07. The summed E-state index contributed by atoms with van der Waals surface area (Å²) in [7, 11) is 0. The lowest BCUT2D eigenvalue weighted by Crippen LogP contribution is -2.34. The smallest absolute Gasteiger partial charge is 0.343 e. The van der Waals surface area contributed by atoms with Crippen LogP contribution in [-0.2, 0) is 6.18 Å². The van der Waals surface area contributed by atoms with Crippen molar-refractivity contribution in [2.75, 3.05) is 6.54 Å². The lowest BCUT2D eigenvalue weighted by Gasteiger charge is -2.11. The fraction of sp³-hybridized carbons (Fsp3) is 0.400. The number of nitrogens with zero attached hydrogens (tertiary/aromatic N) is 1. The second-order valence-corrected chi connectivity index (χ2v) is 3.63. The number of halogens is 6. The molecule has 3 nitrogen and oxygen atoms in total. The van der Waals surface area contributed by atoms with Crippen LogP contribution in [0.5, 0.6) is 0 Å². The van der Waals surface area contributed by atoms with E-state index >= 15 is 0 Å². The van der Waals surface area contributed by atoms with Crippen LogP contribution < -0.4 is 5.32 Å². The van der Waals surface area contributed by atoms with Gasteiger partial charge in [-0.15, -0.1) is 0 Å². The van der Waals surface area contributed by atoms with Crippen molar-refractivity contribution in [2.45, 2.75) is 19.3 Å². The molecule has 0 atom stereocenters. The van der Waals surface area contributed by atoms with Gasteiger partial charge in [-0.1, -0.05) is 0 Å². The van der Waals surface area contributed by atoms with E-state index in [0.29, 0.717) is 6.07 Å². The molecule has 1 heterocycles. The van der Waals surface area contributed by atoms with Crippen LogP contribution in [-0.4, -0.2) is 23.6 Å². The average molecular weight is 286 g/mol. The summed E-state index contributed by atoms with van der Waals surface area (Å²) < 4.78 is 72.5. The molecule has 0 saturated carbocycles. The molecule has 9 heteroatoms. The van der Waals surface area contributed by atoms with Gasteiger partial charge >= 0.3 is 12.4 Å². The Morgan fingerprint density at radius 3 is 2.21 bits per heavy atom. The van der Waals surface area contributed by atoms with Gasteiger partial charge in [0, 0.05) is 0 Å². The zero-order valence-electron chi connectivity index (χ0n) is 9.49. The Morgan fingerprint density at radius 1 is 1.21 bits per heavy atom. The number of pyridine rings is 1. The van der Waals surface area contributed by atoms with Crippen molar-refractivity contribution in [3.8, 4) is 0 Å². The quantitative estimate of drug-likeness (QED) is 0.849. The van der Waals surface area contributed by atoms with Crippen LogP contribution in [0.3, 0.4) is 0 Å². The summed E-state index contributed by atoms with van der Waals surface area (Å²) in [6, 6.07) is 1.33. The lowest BCUT2D eigenvalue weighted by atomic mass is 10.1. The van der Waals surface area contributed by atoms with Crippen LogP contribution in [0, 0.1) is 6.92 Å². The Hall–Kier alpha value is -1.80. The maximum Gasteiger partial charge on any atom is 0.433 e. The molecule has 0 aliphatic carbocycles. The van der Waals surface area contributed by atoms with Gasteiger partial charge in [0.2, 0.25) is 0 Å². The van der Waals surface area contributed by atoms with E-state index in [9.17, 15) is 31.1 Å².